The summed E-state index contributed by atoms with van der Waals surface area (Å²) in [6.07, 6.45) is -14.0. The fraction of sp³-hybridized carbons (Fsp3) is 1.00. The van der Waals surface area contributed by atoms with Crippen molar-refractivity contribution in [2.45, 2.75) is 156 Å². The summed E-state index contributed by atoms with van der Waals surface area (Å²) in [6.45, 7) is 5.41. The number of aliphatic hydroxyl groups excluding tert-OH is 8. The minimum Gasteiger partial charge on any atom is -0.394 e. The first-order valence-corrected chi connectivity index (χ1v) is 15.6. The van der Waals surface area contributed by atoms with Crippen LogP contribution in [0.5, 0.6) is 0 Å². The van der Waals surface area contributed by atoms with Crippen LogP contribution in [0.3, 0.4) is 0 Å². The molecular weight excluding hydrogens is 586 g/mol. The van der Waals surface area contributed by atoms with Crippen molar-refractivity contribution in [1.29, 1.82) is 0 Å². The Balaban J connectivity index is 1.93. The number of rotatable bonds is 13. The Labute approximate surface area is 258 Å². The largest absolute Gasteiger partial charge is 0.394 e. The van der Waals surface area contributed by atoms with Crippen LogP contribution in [0.1, 0.15) is 53.4 Å². The average molecular weight is 642 g/mol. The summed E-state index contributed by atoms with van der Waals surface area (Å²) in [5, 5.41) is 83.7. The highest BCUT2D eigenvalue weighted by Gasteiger charge is 2.58. The molecule has 44 heavy (non-hydrogen) atoms. The summed E-state index contributed by atoms with van der Waals surface area (Å²) in [4.78, 5) is 0. The molecule has 260 valence electrons. The quantitative estimate of drug-likeness (QED) is 0.0904. The van der Waals surface area contributed by atoms with Gasteiger partial charge in [-0.15, -0.1) is 0 Å². The van der Waals surface area contributed by atoms with Crippen molar-refractivity contribution in [1.82, 2.24) is 0 Å². The van der Waals surface area contributed by atoms with Crippen molar-refractivity contribution >= 4 is 0 Å². The molecule has 3 aliphatic rings. The van der Waals surface area contributed by atoms with Crippen LogP contribution in [0.4, 0.5) is 0 Å². The van der Waals surface area contributed by atoms with Gasteiger partial charge in [0.1, 0.15) is 67.1 Å². The number of aliphatic hydroxyl groups is 8. The maximum absolute atomic E-state index is 11.6. The molecule has 0 bridgehead atoms. The smallest absolute Gasteiger partial charge is 0.173 e. The molecule has 0 amide bonds. The third kappa shape index (κ3) is 6.82. The minimum atomic E-state index is -1.53. The number of ether oxygens (including phenoxy) is 5. The zero-order valence-corrected chi connectivity index (χ0v) is 26.0. The van der Waals surface area contributed by atoms with E-state index in [-0.39, 0.29) is 25.7 Å². The van der Waals surface area contributed by atoms with E-state index in [0.717, 1.165) is 0 Å². The highest BCUT2D eigenvalue weighted by molar-refractivity contribution is 5.08. The fourth-order valence-corrected chi connectivity index (χ4v) is 6.92. The molecule has 0 aromatic heterocycles. The third-order valence-corrected chi connectivity index (χ3v) is 10.0. The normalized spacial score (nSPS) is 44.1. The molecule has 15 atom stereocenters. The second-order valence-corrected chi connectivity index (χ2v) is 12.2. The molecule has 3 rings (SSSR count). The SMILES string of the molecule is CCC(CC)(OC1C(CO)OC(C(CC)(CC)OC2C(CO)OC(O)C(N)C2O)C(N)C1O)C1OC(CO)C(O)C(O)C1N. The van der Waals surface area contributed by atoms with Crippen molar-refractivity contribution in [3.63, 3.8) is 0 Å². The molecule has 16 nitrogen and oxygen atoms in total. The maximum Gasteiger partial charge on any atom is 0.173 e. The van der Waals surface area contributed by atoms with Crippen LogP contribution in [0, 0.1) is 0 Å². The van der Waals surface area contributed by atoms with Gasteiger partial charge in [0, 0.05) is 0 Å². The van der Waals surface area contributed by atoms with E-state index >= 15 is 0 Å². The number of nitrogens with two attached hydrogens (primary N) is 3. The van der Waals surface area contributed by atoms with Crippen molar-refractivity contribution in [3.8, 4) is 0 Å². The molecule has 0 radical (unpaired) electrons. The topological polar surface area (TPSA) is 286 Å². The Kier molecular flexibility index (Phi) is 13.3. The van der Waals surface area contributed by atoms with E-state index in [4.69, 9.17) is 40.9 Å². The second-order valence-electron chi connectivity index (χ2n) is 12.2. The molecule has 3 aliphatic heterocycles. The Bertz CT molecular complexity index is 878. The molecule has 0 spiro atoms. The van der Waals surface area contributed by atoms with Gasteiger partial charge in [-0.1, -0.05) is 27.7 Å². The maximum atomic E-state index is 11.6. The van der Waals surface area contributed by atoms with Crippen molar-refractivity contribution in [2.24, 2.45) is 17.2 Å². The number of hydrogen-bond donors (Lipinski definition) is 11. The van der Waals surface area contributed by atoms with Gasteiger partial charge in [-0.05, 0) is 25.7 Å². The Morgan fingerprint density at radius 2 is 0.886 bits per heavy atom. The van der Waals surface area contributed by atoms with Gasteiger partial charge in [0.2, 0.25) is 0 Å². The molecule has 3 fully saturated rings. The number of hydrogen-bond acceptors (Lipinski definition) is 16. The van der Waals surface area contributed by atoms with Crippen LogP contribution < -0.4 is 17.2 Å². The summed E-state index contributed by atoms with van der Waals surface area (Å²) in [6, 6.07) is -3.49. The zero-order chi connectivity index (χ0) is 33.1. The summed E-state index contributed by atoms with van der Waals surface area (Å²) in [5.74, 6) is 0. The monoisotopic (exact) mass is 641 g/mol. The first-order chi connectivity index (χ1) is 20.8. The van der Waals surface area contributed by atoms with Crippen LogP contribution in [-0.2, 0) is 23.7 Å². The highest BCUT2D eigenvalue weighted by atomic mass is 16.7. The highest BCUT2D eigenvalue weighted by Crippen LogP contribution is 2.42. The van der Waals surface area contributed by atoms with Crippen molar-refractivity contribution in [3.05, 3.63) is 0 Å². The van der Waals surface area contributed by atoms with E-state index in [9.17, 15) is 40.9 Å². The molecule has 0 aliphatic carbocycles. The average Bonchev–Trinajstić information content (AvgIpc) is 3.03. The lowest BCUT2D eigenvalue weighted by Crippen LogP contribution is -2.73. The van der Waals surface area contributed by atoms with Crippen LogP contribution >= 0.6 is 0 Å². The molecule has 3 saturated heterocycles. The summed E-state index contributed by atoms with van der Waals surface area (Å²) >= 11 is 0. The van der Waals surface area contributed by atoms with Gasteiger partial charge in [0.25, 0.3) is 0 Å². The molecule has 0 aromatic carbocycles. The molecule has 16 heteroatoms. The minimum absolute atomic E-state index is 0.263. The van der Waals surface area contributed by atoms with Gasteiger partial charge in [-0.3, -0.25) is 0 Å². The van der Waals surface area contributed by atoms with Crippen molar-refractivity contribution < 1.29 is 64.5 Å². The standard InChI is InChI=1S/C28H55N3O13/c1-5-27(6-2,24-15(29)19(36)18(35)12(9-32)40-24)43-22-13(10-33)41-25(16(30)20(22)37)28(7-3,8-4)44-23-14(11-34)42-26(39)17(31)21(23)38/h12-26,32-39H,5-11,29-31H2,1-4H3. The van der Waals surface area contributed by atoms with Gasteiger partial charge < -0.3 is 81.7 Å². The van der Waals surface area contributed by atoms with E-state index in [1.165, 1.54) is 0 Å². The predicted molar refractivity (Wildman–Crippen MR) is 154 cm³/mol. The molecule has 0 aromatic rings. The third-order valence-electron chi connectivity index (χ3n) is 10.0. The lowest BCUT2D eigenvalue weighted by Gasteiger charge is -2.55. The lowest BCUT2D eigenvalue weighted by atomic mass is 9.78. The molecule has 15 unspecified atom stereocenters. The second kappa shape index (κ2) is 15.5. The summed E-state index contributed by atoms with van der Waals surface area (Å²) < 4.78 is 30.6. The molecule has 0 saturated carbocycles. The van der Waals surface area contributed by atoms with Gasteiger partial charge in [-0.2, -0.15) is 0 Å². The van der Waals surface area contributed by atoms with Gasteiger partial charge in [0.15, 0.2) is 6.29 Å². The Hall–Kier alpha value is -0.640. The first kappa shape index (κ1) is 37.8. The van der Waals surface area contributed by atoms with E-state index in [0.29, 0.717) is 0 Å². The Morgan fingerprint density at radius 3 is 1.30 bits per heavy atom. The lowest BCUT2D eigenvalue weighted by molar-refractivity contribution is -0.323. The van der Waals surface area contributed by atoms with E-state index in [1.807, 2.05) is 0 Å². The van der Waals surface area contributed by atoms with Crippen LogP contribution in [0.2, 0.25) is 0 Å². The van der Waals surface area contributed by atoms with Gasteiger partial charge in [0.05, 0.1) is 49.1 Å². The van der Waals surface area contributed by atoms with Crippen LogP contribution in [0.25, 0.3) is 0 Å². The predicted octanol–water partition coefficient (Wildman–Crippen LogP) is -4.47. The molecular formula is C28H55N3O13. The van der Waals surface area contributed by atoms with Crippen LogP contribution in [-0.4, -0.2) is 163 Å². The fourth-order valence-electron chi connectivity index (χ4n) is 6.92. The first-order valence-electron chi connectivity index (χ1n) is 15.6. The van der Waals surface area contributed by atoms with E-state index < -0.39 is 123 Å². The van der Waals surface area contributed by atoms with E-state index in [2.05, 4.69) is 0 Å². The Morgan fingerprint density at radius 1 is 0.523 bits per heavy atom. The van der Waals surface area contributed by atoms with Gasteiger partial charge in [-0.25, -0.2) is 0 Å². The molecule has 14 N–H and O–H groups in total. The summed E-state index contributed by atoms with van der Waals surface area (Å²) in [7, 11) is 0. The zero-order valence-electron chi connectivity index (χ0n) is 26.0. The van der Waals surface area contributed by atoms with Crippen LogP contribution in [0.15, 0.2) is 0 Å². The molecule has 3 heterocycles. The van der Waals surface area contributed by atoms with Gasteiger partial charge >= 0.3 is 0 Å². The summed E-state index contributed by atoms with van der Waals surface area (Å²) in [5.41, 5.74) is 16.3. The van der Waals surface area contributed by atoms with Crippen molar-refractivity contribution in [2.75, 3.05) is 19.8 Å². The van der Waals surface area contributed by atoms with E-state index in [1.54, 1.807) is 27.7 Å².